The normalized spacial score (nSPS) is 22.1. The monoisotopic (exact) mass is 250 g/mol. The highest BCUT2D eigenvalue weighted by Gasteiger charge is 2.45. The second-order valence-corrected chi connectivity index (χ2v) is 5.91. The number of piperazine rings is 1. The van der Waals surface area contributed by atoms with Gasteiger partial charge in [-0.3, -0.25) is 4.79 Å². The van der Waals surface area contributed by atoms with Crippen molar-refractivity contribution in [2.75, 3.05) is 11.4 Å². The molecule has 1 N–H and O–H groups in total. The number of nitrogens with one attached hydrogen (secondary N) is 1. The number of benzene rings is 1. The van der Waals surface area contributed by atoms with E-state index >= 15 is 0 Å². The van der Waals surface area contributed by atoms with Crippen molar-refractivity contribution < 1.29 is 9.18 Å². The molecule has 0 radical (unpaired) electrons. The van der Waals surface area contributed by atoms with Crippen molar-refractivity contribution in [2.45, 2.75) is 38.8 Å². The summed E-state index contributed by atoms with van der Waals surface area (Å²) in [4.78, 5) is 14.3. The number of carbonyl (C=O) groups is 1. The van der Waals surface area contributed by atoms with E-state index in [1.54, 1.807) is 17.0 Å². The van der Waals surface area contributed by atoms with Gasteiger partial charge >= 0.3 is 0 Å². The molecular weight excluding hydrogens is 231 g/mol. The second-order valence-electron chi connectivity index (χ2n) is 5.91. The average Bonchev–Trinajstić information content (AvgIpc) is 2.28. The Morgan fingerprint density at radius 3 is 2.28 bits per heavy atom. The van der Waals surface area contributed by atoms with Gasteiger partial charge in [0.2, 0.25) is 5.91 Å². The Balaban J connectivity index is 2.44. The van der Waals surface area contributed by atoms with Crippen LogP contribution in [0.1, 0.15) is 27.7 Å². The van der Waals surface area contributed by atoms with Gasteiger partial charge < -0.3 is 10.2 Å². The molecule has 0 spiro atoms. The van der Waals surface area contributed by atoms with Gasteiger partial charge in [0.25, 0.3) is 0 Å². The molecule has 0 aromatic heterocycles. The number of halogens is 1. The van der Waals surface area contributed by atoms with Gasteiger partial charge in [0.15, 0.2) is 0 Å². The highest BCUT2D eigenvalue weighted by molar-refractivity contribution is 6.01. The molecule has 0 atom stereocenters. The van der Waals surface area contributed by atoms with Crippen LogP contribution < -0.4 is 10.2 Å². The molecule has 1 fully saturated rings. The maximum Gasteiger partial charge on any atom is 0.247 e. The molecule has 0 saturated carbocycles. The van der Waals surface area contributed by atoms with E-state index in [1.165, 1.54) is 12.1 Å². The topological polar surface area (TPSA) is 32.3 Å². The van der Waals surface area contributed by atoms with Crippen LogP contribution in [0.2, 0.25) is 0 Å². The van der Waals surface area contributed by atoms with Crippen LogP contribution in [0.15, 0.2) is 24.3 Å². The lowest BCUT2D eigenvalue weighted by atomic mass is 9.90. The fraction of sp³-hybridized carbons (Fsp3) is 0.500. The van der Waals surface area contributed by atoms with Crippen molar-refractivity contribution in [1.82, 2.24) is 5.32 Å². The summed E-state index contributed by atoms with van der Waals surface area (Å²) in [6, 6.07) is 6.06. The number of rotatable bonds is 1. The third-order valence-electron chi connectivity index (χ3n) is 3.39. The van der Waals surface area contributed by atoms with Crippen molar-refractivity contribution in [2.24, 2.45) is 0 Å². The molecule has 18 heavy (non-hydrogen) atoms. The standard InChI is InChI=1S/C14H19FN2O/c1-13(2)9-16-14(3,4)12(18)17(13)11-7-5-10(15)6-8-11/h5-8,16H,9H2,1-4H3. The lowest BCUT2D eigenvalue weighted by molar-refractivity contribution is -0.126. The van der Waals surface area contributed by atoms with Crippen LogP contribution in [0.4, 0.5) is 10.1 Å². The number of anilines is 1. The zero-order valence-corrected chi connectivity index (χ0v) is 11.2. The first-order valence-electron chi connectivity index (χ1n) is 6.09. The lowest BCUT2D eigenvalue weighted by Gasteiger charge is -2.48. The number of hydrogen-bond donors (Lipinski definition) is 1. The van der Waals surface area contributed by atoms with Crippen LogP contribution in [-0.2, 0) is 4.79 Å². The largest absolute Gasteiger partial charge is 0.304 e. The molecule has 1 aliphatic heterocycles. The van der Waals surface area contributed by atoms with E-state index < -0.39 is 5.54 Å². The van der Waals surface area contributed by atoms with Crippen LogP contribution in [-0.4, -0.2) is 23.5 Å². The van der Waals surface area contributed by atoms with Crippen LogP contribution >= 0.6 is 0 Å². The van der Waals surface area contributed by atoms with Crippen LogP contribution in [0.25, 0.3) is 0 Å². The minimum absolute atomic E-state index is 0.00496. The number of nitrogens with zero attached hydrogens (tertiary/aromatic N) is 1. The van der Waals surface area contributed by atoms with Crippen molar-refractivity contribution >= 4 is 11.6 Å². The minimum Gasteiger partial charge on any atom is -0.304 e. The number of hydrogen-bond acceptors (Lipinski definition) is 2. The molecule has 0 unspecified atom stereocenters. The van der Waals surface area contributed by atoms with E-state index in [1.807, 2.05) is 27.7 Å². The first-order chi connectivity index (χ1) is 8.24. The Morgan fingerprint density at radius 2 is 1.72 bits per heavy atom. The molecule has 1 heterocycles. The predicted octanol–water partition coefficient (Wildman–Crippen LogP) is 2.32. The Kier molecular flexibility index (Phi) is 2.93. The summed E-state index contributed by atoms with van der Waals surface area (Å²) in [5.74, 6) is -0.288. The Morgan fingerprint density at radius 1 is 1.17 bits per heavy atom. The van der Waals surface area contributed by atoms with Crippen LogP contribution in [0, 0.1) is 5.82 Å². The molecule has 1 aliphatic rings. The van der Waals surface area contributed by atoms with E-state index in [9.17, 15) is 9.18 Å². The molecule has 1 aromatic rings. The Bertz CT molecular complexity index is 465. The predicted molar refractivity (Wildman–Crippen MR) is 70.0 cm³/mol. The summed E-state index contributed by atoms with van der Waals surface area (Å²) >= 11 is 0. The van der Waals surface area contributed by atoms with Gasteiger partial charge in [0, 0.05) is 12.2 Å². The summed E-state index contributed by atoms with van der Waals surface area (Å²) in [6.45, 7) is 8.41. The summed E-state index contributed by atoms with van der Waals surface area (Å²) < 4.78 is 13.0. The summed E-state index contributed by atoms with van der Waals surface area (Å²) in [7, 11) is 0. The van der Waals surface area contributed by atoms with Crippen molar-refractivity contribution in [3.8, 4) is 0 Å². The van der Waals surface area contributed by atoms with Gasteiger partial charge in [-0.05, 0) is 52.0 Å². The smallest absolute Gasteiger partial charge is 0.247 e. The van der Waals surface area contributed by atoms with Crippen LogP contribution in [0.3, 0.4) is 0 Å². The fourth-order valence-electron chi connectivity index (χ4n) is 2.20. The highest BCUT2D eigenvalue weighted by atomic mass is 19.1. The fourth-order valence-corrected chi connectivity index (χ4v) is 2.20. The van der Waals surface area contributed by atoms with Crippen molar-refractivity contribution in [3.63, 3.8) is 0 Å². The van der Waals surface area contributed by atoms with E-state index in [0.29, 0.717) is 6.54 Å². The summed E-state index contributed by atoms with van der Waals surface area (Å²) in [5.41, 5.74) is -0.185. The van der Waals surface area contributed by atoms with Gasteiger partial charge in [0.1, 0.15) is 5.82 Å². The third kappa shape index (κ3) is 2.12. The summed E-state index contributed by atoms with van der Waals surface area (Å²) in [5, 5.41) is 3.24. The molecule has 1 saturated heterocycles. The number of carbonyl (C=O) groups excluding carboxylic acids is 1. The first-order valence-corrected chi connectivity index (χ1v) is 6.09. The molecule has 3 nitrogen and oxygen atoms in total. The van der Waals surface area contributed by atoms with Gasteiger partial charge in [-0.1, -0.05) is 0 Å². The van der Waals surface area contributed by atoms with Gasteiger partial charge in [-0.15, -0.1) is 0 Å². The first kappa shape index (κ1) is 13.0. The quantitative estimate of drug-likeness (QED) is 0.829. The minimum atomic E-state index is -0.593. The molecule has 0 bridgehead atoms. The maximum atomic E-state index is 13.0. The molecule has 0 aliphatic carbocycles. The van der Waals surface area contributed by atoms with E-state index in [-0.39, 0.29) is 17.3 Å². The Hall–Kier alpha value is -1.42. The zero-order valence-electron chi connectivity index (χ0n) is 11.2. The molecule has 1 amide bonds. The van der Waals surface area contributed by atoms with Crippen LogP contribution in [0.5, 0.6) is 0 Å². The SMILES string of the molecule is CC1(C)NCC(C)(C)N(c2ccc(F)cc2)C1=O. The molecule has 4 heteroatoms. The molecule has 98 valence electrons. The van der Waals surface area contributed by atoms with Gasteiger partial charge in [0.05, 0.1) is 11.1 Å². The molecular formula is C14H19FN2O. The van der Waals surface area contributed by atoms with E-state index in [4.69, 9.17) is 0 Å². The van der Waals surface area contributed by atoms with Gasteiger partial charge in [-0.2, -0.15) is 0 Å². The third-order valence-corrected chi connectivity index (χ3v) is 3.39. The second kappa shape index (κ2) is 4.05. The maximum absolute atomic E-state index is 13.0. The number of amides is 1. The molecule has 1 aromatic carbocycles. The highest BCUT2D eigenvalue weighted by Crippen LogP contribution is 2.30. The summed E-state index contributed by atoms with van der Waals surface area (Å²) in [6.07, 6.45) is 0. The lowest BCUT2D eigenvalue weighted by Crippen LogP contribution is -2.69. The van der Waals surface area contributed by atoms with Gasteiger partial charge in [-0.25, -0.2) is 4.39 Å². The zero-order chi connectivity index (χ0) is 13.6. The van der Waals surface area contributed by atoms with Crippen molar-refractivity contribution in [3.05, 3.63) is 30.1 Å². The van der Waals surface area contributed by atoms with Crippen molar-refractivity contribution in [1.29, 1.82) is 0 Å². The van der Waals surface area contributed by atoms with E-state index in [0.717, 1.165) is 5.69 Å². The Labute approximate surface area is 107 Å². The van der Waals surface area contributed by atoms with E-state index in [2.05, 4.69) is 5.32 Å². The average molecular weight is 250 g/mol. The molecule has 2 rings (SSSR count).